The maximum Gasteiger partial charge on any atom is 0.317 e. The van der Waals surface area contributed by atoms with E-state index in [9.17, 15) is 9.59 Å². The number of carbonyl (C=O) groups is 2. The van der Waals surface area contributed by atoms with Gasteiger partial charge in [-0.1, -0.05) is 26.2 Å². The lowest BCUT2D eigenvalue weighted by Crippen LogP contribution is -2.26. The van der Waals surface area contributed by atoms with E-state index in [4.69, 9.17) is 0 Å². The maximum absolute atomic E-state index is 11.5. The molecule has 14 heavy (non-hydrogen) atoms. The molecule has 3 nitrogen and oxygen atoms in total. The fraction of sp³-hybridized carbons (Fsp3) is 0.818. The first kappa shape index (κ1) is 9.69. The Morgan fingerprint density at radius 1 is 1.07 bits per heavy atom. The van der Waals surface area contributed by atoms with Gasteiger partial charge in [0, 0.05) is 0 Å². The van der Waals surface area contributed by atoms with Crippen LogP contribution in [0.15, 0.2) is 0 Å². The highest BCUT2D eigenvalue weighted by molar-refractivity contribution is 5.96. The molecule has 1 aliphatic carbocycles. The van der Waals surface area contributed by atoms with Crippen LogP contribution in [0.5, 0.6) is 0 Å². The summed E-state index contributed by atoms with van der Waals surface area (Å²) >= 11 is 0. The SMILES string of the molecule is CC1C(=O)OC(=O)C1C1CCCCC1. The van der Waals surface area contributed by atoms with Crippen LogP contribution < -0.4 is 0 Å². The van der Waals surface area contributed by atoms with E-state index in [1.54, 1.807) is 0 Å². The van der Waals surface area contributed by atoms with Crippen LogP contribution in [0.3, 0.4) is 0 Å². The molecule has 1 aliphatic heterocycles. The van der Waals surface area contributed by atoms with Gasteiger partial charge < -0.3 is 4.74 Å². The molecule has 0 aromatic carbocycles. The molecule has 2 rings (SSSR count). The first-order chi connectivity index (χ1) is 6.70. The molecule has 0 aromatic heterocycles. The van der Waals surface area contributed by atoms with E-state index in [0.29, 0.717) is 5.92 Å². The van der Waals surface area contributed by atoms with Crippen molar-refractivity contribution < 1.29 is 14.3 Å². The largest absolute Gasteiger partial charge is 0.393 e. The molecule has 0 N–H and O–H groups in total. The van der Waals surface area contributed by atoms with Crippen LogP contribution in [-0.2, 0) is 14.3 Å². The van der Waals surface area contributed by atoms with E-state index in [2.05, 4.69) is 4.74 Å². The highest BCUT2D eigenvalue weighted by Gasteiger charge is 2.45. The Morgan fingerprint density at radius 3 is 2.21 bits per heavy atom. The Morgan fingerprint density at radius 2 is 1.71 bits per heavy atom. The summed E-state index contributed by atoms with van der Waals surface area (Å²) in [6.45, 7) is 1.81. The molecule has 1 saturated carbocycles. The minimum absolute atomic E-state index is 0.150. The number of esters is 2. The van der Waals surface area contributed by atoms with Crippen LogP contribution in [0.2, 0.25) is 0 Å². The standard InChI is InChI=1S/C11H16O3/c1-7-9(11(13)14-10(7)12)8-5-3-2-4-6-8/h7-9H,2-6H2,1H3. The van der Waals surface area contributed by atoms with Crippen molar-refractivity contribution in [1.82, 2.24) is 0 Å². The Bertz CT molecular complexity index is 253. The molecular formula is C11H16O3. The molecule has 0 aromatic rings. The molecule has 0 spiro atoms. The number of rotatable bonds is 1. The van der Waals surface area contributed by atoms with Gasteiger partial charge in [0.25, 0.3) is 0 Å². The van der Waals surface area contributed by atoms with Gasteiger partial charge in [0.1, 0.15) is 0 Å². The monoisotopic (exact) mass is 196 g/mol. The van der Waals surface area contributed by atoms with Gasteiger partial charge in [-0.15, -0.1) is 0 Å². The molecule has 2 aliphatic rings. The zero-order valence-electron chi connectivity index (χ0n) is 8.49. The molecule has 3 heteroatoms. The summed E-state index contributed by atoms with van der Waals surface area (Å²) in [6, 6.07) is 0. The summed E-state index contributed by atoms with van der Waals surface area (Å²) < 4.78 is 4.66. The van der Waals surface area contributed by atoms with Crippen LogP contribution in [0.25, 0.3) is 0 Å². The summed E-state index contributed by atoms with van der Waals surface area (Å²) in [5.41, 5.74) is 0. The Labute approximate surface area is 83.8 Å². The van der Waals surface area contributed by atoms with Gasteiger partial charge in [-0.2, -0.15) is 0 Å². The van der Waals surface area contributed by atoms with Crippen LogP contribution in [0.4, 0.5) is 0 Å². The fourth-order valence-electron chi connectivity index (χ4n) is 2.70. The molecule has 1 saturated heterocycles. The number of hydrogen-bond donors (Lipinski definition) is 0. The zero-order valence-corrected chi connectivity index (χ0v) is 8.49. The lowest BCUT2D eigenvalue weighted by molar-refractivity contribution is -0.154. The van der Waals surface area contributed by atoms with Crippen molar-refractivity contribution >= 4 is 11.9 Å². The Hall–Kier alpha value is -0.860. The van der Waals surface area contributed by atoms with E-state index in [1.807, 2.05) is 6.92 Å². The predicted octanol–water partition coefficient (Wildman–Crippen LogP) is 1.90. The molecule has 0 radical (unpaired) electrons. The van der Waals surface area contributed by atoms with Gasteiger partial charge in [-0.3, -0.25) is 9.59 Å². The van der Waals surface area contributed by atoms with Gasteiger partial charge in [0.05, 0.1) is 11.8 Å². The van der Waals surface area contributed by atoms with Crippen LogP contribution >= 0.6 is 0 Å². The van der Waals surface area contributed by atoms with Crippen LogP contribution in [0, 0.1) is 17.8 Å². The normalized spacial score (nSPS) is 34.6. The predicted molar refractivity (Wildman–Crippen MR) is 50.3 cm³/mol. The fourth-order valence-corrected chi connectivity index (χ4v) is 2.70. The Kier molecular flexibility index (Phi) is 2.57. The van der Waals surface area contributed by atoms with E-state index < -0.39 is 0 Å². The summed E-state index contributed by atoms with van der Waals surface area (Å²) in [5.74, 6) is -0.592. The van der Waals surface area contributed by atoms with Crippen molar-refractivity contribution in [3.63, 3.8) is 0 Å². The van der Waals surface area contributed by atoms with Crippen molar-refractivity contribution in [2.45, 2.75) is 39.0 Å². The third-order valence-electron chi connectivity index (χ3n) is 3.54. The lowest BCUT2D eigenvalue weighted by atomic mass is 9.76. The second-order valence-electron chi connectivity index (χ2n) is 4.45. The zero-order chi connectivity index (χ0) is 10.1. The summed E-state index contributed by atoms with van der Waals surface area (Å²) in [6.07, 6.45) is 5.81. The summed E-state index contributed by atoms with van der Waals surface area (Å²) in [7, 11) is 0. The molecule has 2 atom stereocenters. The molecular weight excluding hydrogens is 180 g/mol. The topological polar surface area (TPSA) is 43.4 Å². The van der Waals surface area contributed by atoms with E-state index in [0.717, 1.165) is 12.8 Å². The second-order valence-corrected chi connectivity index (χ2v) is 4.45. The highest BCUT2D eigenvalue weighted by Crippen LogP contribution is 2.38. The number of ether oxygens (including phenoxy) is 1. The average Bonchev–Trinajstić information content (AvgIpc) is 2.43. The number of hydrogen-bond acceptors (Lipinski definition) is 3. The molecule has 2 unspecified atom stereocenters. The van der Waals surface area contributed by atoms with E-state index >= 15 is 0 Å². The van der Waals surface area contributed by atoms with Crippen molar-refractivity contribution in [2.75, 3.05) is 0 Å². The molecule has 78 valence electrons. The molecule has 0 amide bonds. The Balaban J connectivity index is 2.08. The third kappa shape index (κ3) is 1.56. The second kappa shape index (κ2) is 3.71. The summed E-state index contributed by atoms with van der Waals surface area (Å²) in [5, 5.41) is 0. The third-order valence-corrected chi connectivity index (χ3v) is 3.54. The molecule has 1 heterocycles. The highest BCUT2D eigenvalue weighted by atomic mass is 16.6. The first-order valence-electron chi connectivity index (χ1n) is 5.45. The van der Waals surface area contributed by atoms with Crippen molar-refractivity contribution in [2.24, 2.45) is 17.8 Å². The van der Waals surface area contributed by atoms with E-state index in [-0.39, 0.29) is 23.8 Å². The average molecular weight is 196 g/mol. The van der Waals surface area contributed by atoms with Gasteiger partial charge in [-0.05, 0) is 18.8 Å². The quantitative estimate of drug-likeness (QED) is 0.475. The molecule has 2 fully saturated rings. The summed E-state index contributed by atoms with van der Waals surface area (Å²) in [4.78, 5) is 22.6. The minimum atomic E-state index is -0.328. The lowest BCUT2D eigenvalue weighted by Gasteiger charge is -2.26. The molecule has 0 bridgehead atoms. The van der Waals surface area contributed by atoms with Crippen molar-refractivity contribution in [1.29, 1.82) is 0 Å². The van der Waals surface area contributed by atoms with Crippen LogP contribution in [0.1, 0.15) is 39.0 Å². The maximum atomic E-state index is 11.5. The van der Waals surface area contributed by atoms with Gasteiger partial charge >= 0.3 is 11.9 Å². The smallest absolute Gasteiger partial charge is 0.317 e. The van der Waals surface area contributed by atoms with Gasteiger partial charge in [-0.25, -0.2) is 0 Å². The van der Waals surface area contributed by atoms with E-state index in [1.165, 1.54) is 19.3 Å². The van der Waals surface area contributed by atoms with Crippen molar-refractivity contribution in [3.8, 4) is 0 Å². The number of carbonyl (C=O) groups excluding carboxylic acids is 2. The minimum Gasteiger partial charge on any atom is -0.393 e. The first-order valence-corrected chi connectivity index (χ1v) is 5.45. The number of cyclic esters (lactones) is 2. The van der Waals surface area contributed by atoms with Gasteiger partial charge in [0.2, 0.25) is 0 Å². The van der Waals surface area contributed by atoms with Crippen LogP contribution in [-0.4, -0.2) is 11.9 Å². The van der Waals surface area contributed by atoms with Gasteiger partial charge in [0.15, 0.2) is 0 Å². The van der Waals surface area contributed by atoms with Crippen molar-refractivity contribution in [3.05, 3.63) is 0 Å².